The molecule has 98 valence electrons. The number of nitrogens with two attached hydrogens (primary N) is 1. The van der Waals surface area contributed by atoms with Gasteiger partial charge in [0.2, 0.25) is 0 Å². The summed E-state index contributed by atoms with van der Waals surface area (Å²) in [6.45, 7) is 1.82. The van der Waals surface area contributed by atoms with Gasteiger partial charge in [-0.25, -0.2) is 4.79 Å². The van der Waals surface area contributed by atoms with Gasteiger partial charge in [0.15, 0.2) is 5.69 Å². The van der Waals surface area contributed by atoms with Crippen molar-refractivity contribution in [3.63, 3.8) is 0 Å². The number of nitrogens with zero attached hydrogens (tertiary/aromatic N) is 2. The SMILES string of the molecule is COC(=O)c1cc(C)cc(-c2n[nH]nc2C(N)=O)c1. The van der Waals surface area contributed by atoms with Gasteiger partial charge >= 0.3 is 5.97 Å². The normalized spacial score (nSPS) is 10.2. The summed E-state index contributed by atoms with van der Waals surface area (Å²) in [6.07, 6.45) is 0. The second kappa shape index (κ2) is 4.89. The first-order valence-electron chi connectivity index (χ1n) is 5.44. The molecule has 0 aliphatic heterocycles. The molecule has 0 fully saturated rings. The van der Waals surface area contributed by atoms with Crippen LogP contribution in [-0.2, 0) is 4.74 Å². The molecule has 7 nitrogen and oxygen atoms in total. The Morgan fingerprint density at radius 3 is 2.63 bits per heavy atom. The maximum Gasteiger partial charge on any atom is 0.337 e. The number of primary amides is 1. The highest BCUT2D eigenvalue weighted by Crippen LogP contribution is 2.22. The molecular formula is C12H12N4O3. The first-order chi connectivity index (χ1) is 9.02. The summed E-state index contributed by atoms with van der Waals surface area (Å²) >= 11 is 0. The zero-order valence-corrected chi connectivity index (χ0v) is 10.4. The number of hydrogen-bond donors (Lipinski definition) is 2. The van der Waals surface area contributed by atoms with E-state index in [1.165, 1.54) is 7.11 Å². The van der Waals surface area contributed by atoms with Crippen LogP contribution in [0.25, 0.3) is 11.3 Å². The van der Waals surface area contributed by atoms with Crippen molar-refractivity contribution in [2.24, 2.45) is 5.73 Å². The minimum atomic E-state index is -0.690. The molecule has 2 rings (SSSR count). The lowest BCUT2D eigenvalue weighted by molar-refractivity contribution is 0.0600. The Morgan fingerprint density at radius 2 is 2.00 bits per heavy atom. The van der Waals surface area contributed by atoms with E-state index in [1.54, 1.807) is 18.2 Å². The molecule has 0 aliphatic rings. The fourth-order valence-corrected chi connectivity index (χ4v) is 1.76. The second-order valence-corrected chi connectivity index (χ2v) is 3.96. The van der Waals surface area contributed by atoms with Gasteiger partial charge in [-0.1, -0.05) is 0 Å². The number of aromatic nitrogens is 3. The lowest BCUT2D eigenvalue weighted by Crippen LogP contribution is -2.13. The molecule has 0 spiro atoms. The quantitative estimate of drug-likeness (QED) is 0.788. The van der Waals surface area contributed by atoms with Crippen LogP contribution in [0.2, 0.25) is 0 Å². The van der Waals surface area contributed by atoms with Crippen LogP contribution in [0.3, 0.4) is 0 Å². The molecule has 3 N–H and O–H groups in total. The zero-order valence-electron chi connectivity index (χ0n) is 10.4. The van der Waals surface area contributed by atoms with Gasteiger partial charge in [-0.3, -0.25) is 4.79 Å². The molecule has 19 heavy (non-hydrogen) atoms. The summed E-state index contributed by atoms with van der Waals surface area (Å²) in [5.41, 5.74) is 7.31. The van der Waals surface area contributed by atoms with Crippen LogP contribution < -0.4 is 5.73 Å². The third-order valence-electron chi connectivity index (χ3n) is 2.55. The standard InChI is InChI=1S/C12H12N4O3/c1-6-3-7(5-8(4-6)12(18)19-2)9-10(11(13)17)15-16-14-9/h3-5H,1-2H3,(H2,13,17)(H,14,15,16). The van der Waals surface area contributed by atoms with Gasteiger partial charge in [-0.05, 0) is 30.7 Å². The number of aryl methyl sites for hydroxylation is 1. The van der Waals surface area contributed by atoms with Crippen molar-refractivity contribution in [3.8, 4) is 11.3 Å². The summed E-state index contributed by atoms with van der Waals surface area (Å²) in [5, 5.41) is 9.92. The Bertz CT molecular complexity index is 648. The van der Waals surface area contributed by atoms with Crippen molar-refractivity contribution in [3.05, 3.63) is 35.0 Å². The first-order valence-corrected chi connectivity index (χ1v) is 5.44. The summed E-state index contributed by atoms with van der Waals surface area (Å²) in [4.78, 5) is 22.8. The zero-order chi connectivity index (χ0) is 14.0. The lowest BCUT2D eigenvalue weighted by Gasteiger charge is -2.05. The van der Waals surface area contributed by atoms with Crippen LogP contribution in [0.4, 0.5) is 0 Å². The highest BCUT2D eigenvalue weighted by Gasteiger charge is 2.17. The molecule has 1 aromatic heterocycles. The molecule has 0 saturated carbocycles. The predicted molar refractivity (Wildman–Crippen MR) is 66.4 cm³/mol. The number of ether oxygens (including phenoxy) is 1. The van der Waals surface area contributed by atoms with Crippen molar-refractivity contribution >= 4 is 11.9 Å². The maximum absolute atomic E-state index is 11.5. The molecular weight excluding hydrogens is 248 g/mol. The highest BCUT2D eigenvalue weighted by molar-refractivity contribution is 5.97. The average molecular weight is 260 g/mol. The number of hydrogen-bond acceptors (Lipinski definition) is 5. The van der Waals surface area contributed by atoms with E-state index in [9.17, 15) is 9.59 Å². The van der Waals surface area contributed by atoms with E-state index < -0.39 is 11.9 Å². The Morgan fingerprint density at radius 1 is 1.26 bits per heavy atom. The molecule has 0 aliphatic carbocycles. The van der Waals surface area contributed by atoms with Crippen molar-refractivity contribution < 1.29 is 14.3 Å². The first kappa shape index (κ1) is 12.7. The minimum absolute atomic E-state index is 0.0291. The number of carbonyl (C=O) groups is 2. The van der Waals surface area contributed by atoms with E-state index in [0.717, 1.165) is 5.56 Å². The van der Waals surface area contributed by atoms with Crippen molar-refractivity contribution in [2.45, 2.75) is 6.92 Å². The number of methoxy groups -OCH3 is 1. The monoisotopic (exact) mass is 260 g/mol. The maximum atomic E-state index is 11.5. The summed E-state index contributed by atoms with van der Waals surface area (Å²) in [7, 11) is 1.30. The molecule has 7 heteroatoms. The number of nitrogens with one attached hydrogen (secondary N) is 1. The van der Waals surface area contributed by atoms with E-state index in [1.807, 2.05) is 6.92 Å². The van der Waals surface area contributed by atoms with Gasteiger partial charge in [-0.2, -0.15) is 15.4 Å². The number of H-pyrrole nitrogens is 1. The molecule has 2 aromatic rings. The molecule has 1 amide bonds. The minimum Gasteiger partial charge on any atom is -0.465 e. The number of amides is 1. The molecule has 1 aromatic carbocycles. The fourth-order valence-electron chi connectivity index (χ4n) is 1.76. The lowest BCUT2D eigenvalue weighted by atomic mass is 10.0. The summed E-state index contributed by atoms with van der Waals surface area (Å²) in [6, 6.07) is 5.03. The summed E-state index contributed by atoms with van der Waals surface area (Å²) < 4.78 is 4.67. The number of esters is 1. The van der Waals surface area contributed by atoms with Crippen LogP contribution in [0.5, 0.6) is 0 Å². The smallest absolute Gasteiger partial charge is 0.337 e. The predicted octanol–water partition coefficient (Wildman–Crippen LogP) is 0.666. The number of rotatable bonds is 3. The fraction of sp³-hybridized carbons (Fsp3) is 0.167. The molecule has 0 unspecified atom stereocenters. The van der Waals surface area contributed by atoms with Crippen LogP contribution in [0.1, 0.15) is 26.4 Å². The van der Waals surface area contributed by atoms with E-state index in [2.05, 4.69) is 20.1 Å². The van der Waals surface area contributed by atoms with Crippen molar-refractivity contribution in [2.75, 3.05) is 7.11 Å². The van der Waals surface area contributed by atoms with Crippen LogP contribution >= 0.6 is 0 Å². The van der Waals surface area contributed by atoms with Crippen molar-refractivity contribution in [1.29, 1.82) is 0 Å². The average Bonchev–Trinajstić information content (AvgIpc) is 2.86. The number of benzene rings is 1. The van der Waals surface area contributed by atoms with Gasteiger partial charge in [0, 0.05) is 5.56 Å². The summed E-state index contributed by atoms with van der Waals surface area (Å²) in [5.74, 6) is -1.15. The number of aromatic amines is 1. The van der Waals surface area contributed by atoms with Crippen LogP contribution in [0, 0.1) is 6.92 Å². The van der Waals surface area contributed by atoms with Gasteiger partial charge in [-0.15, -0.1) is 0 Å². The van der Waals surface area contributed by atoms with Gasteiger partial charge in [0.05, 0.1) is 12.7 Å². The van der Waals surface area contributed by atoms with E-state index in [0.29, 0.717) is 16.8 Å². The Labute approximate surface area is 108 Å². The Kier molecular flexibility index (Phi) is 3.28. The Balaban J connectivity index is 2.56. The molecule has 0 atom stereocenters. The Hall–Kier alpha value is -2.70. The third-order valence-corrected chi connectivity index (χ3v) is 2.55. The van der Waals surface area contributed by atoms with Gasteiger partial charge in [0.1, 0.15) is 5.69 Å². The van der Waals surface area contributed by atoms with Gasteiger partial charge in [0.25, 0.3) is 5.91 Å². The largest absolute Gasteiger partial charge is 0.465 e. The molecule has 0 saturated heterocycles. The molecule has 0 radical (unpaired) electrons. The third kappa shape index (κ3) is 2.44. The number of carbonyl (C=O) groups excluding carboxylic acids is 2. The van der Waals surface area contributed by atoms with E-state index >= 15 is 0 Å². The topological polar surface area (TPSA) is 111 Å². The van der Waals surface area contributed by atoms with E-state index in [4.69, 9.17) is 5.73 Å². The van der Waals surface area contributed by atoms with E-state index in [-0.39, 0.29) is 5.69 Å². The van der Waals surface area contributed by atoms with Gasteiger partial charge < -0.3 is 10.5 Å². The highest BCUT2D eigenvalue weighted by atomic mass is 16.5. The van der Waals surface area contributed by atoms with Crippen LogP contribution in [0.15, 0.2) is 18.2 Å². The van der Waals surface area contributed by atoms with Crippen molar-refractivity contribution in [1.82, 2.24) is 15.4 Å². The molecule has 0 bridgehead atoms. The second-order valence-electron chi connectivity index (χ2n) is 3.96. The molecule has 1 heterocycles. The van der Waals surface area contributed by atoms with Crippen LogP contribution in [-0.4, -0.2) is 34.4 Å².